The Kier molecular flexibility index (Phi) is 6.08. The van der Waals surface area contributed by atoms with E-state index < -0.39 is 0 Å². The molecule has 134 valence electrons. The molecule has 1 saturated heterocycles. The minimum atomic E-state index is -0.0548. The fourth-order valence-corrected chi connectivity index (χ4v) is 2.78. The zero-order chi connectivity index (χ0) is 17.5. The summed E-state index contributed by atoms with van der Waals surface area (Å²) in [5.74, 6) is 0.479. The Bertz CT molecular complexity index is 671. The number of likely N-dealkylation sites (N-methyl/N-ethyl adjacent to an activating group) is 1. The van der Waals surface area contributed by atoms with E-state index in [1.165, 1.54) is 6.42 Å². The predicted molar refractivity (Wildman–Crippen MR) is 90.5 cm³/mol. The summed E-state index contributed by atoms with van der Waals surface area (Å²) >= 11 is 0. The molecule has 1 N–H and O–H groups in total. The van der Waals surface area contributed by atoms with Gasteiger partial charge in [0.1, 0.15) is 6.61 Å². The molecule has 2 heterocycles. The number of H-pyrrole nitrogens is 1. The van der Waals surface area contributed by atoms with E-state index in [0.717, 1.165) is 30.6 Å². The summed E-state index contributed by atoms with van der Waals surface area (Å²) in [6.07, 6.45) is 3.41. The minimum Gasteiger partial charge on any atom is -0.376 e. The van der Waals surface area contributed by atoms with Crippen molar-refractivity contribution in [3.8, 4) is 11.4 Å². The standard InChI is InChI=1S/C17H23N5O3/c1-22(16(23)12-24-11-15-7-2-3-8-25-15)10-13-5-4-6-14(9-13)17-18-20-21-19-17/h4-6,9,15H,2-3,7-8,10-12H2,1H3,(H,18,19,20,21)/t15-/m1/s1. The Labute approximate surface area is 146 Å². The normalized spacial score (nSPS) is 17.4. The number of ether oxygens (including phenoxy) is 2. The number of carbonyl (C=O) groups excluding carboxylic acids is 1. The number of benzene rings is 1. The average molecular weight is 345 g/mol. The van der Waals surface area contributed by atoms with E-state index in [2.05, 4.69) is 20.6 Å². The van der Waals surface area contributed by atoms with Gasteiger partial charge in [0.05, 0.1) is 12.7 Å². The number of hydrogen-bond acceptors (Lipinski definition) is 6. The fourth-order valence-electron chi connectivity index (χ4n) is 2.78. The van der Waals surface area contributed by atoms with Gasteiger partial charge in [0.15, 0.2) is 0 Å². The molecule has 8 nitrogen and oxygen atoms in total. The summed E-state index contributed by atoms with van der Waals surface area (Å²) in [6, 6.07) is 7.73. The molecule has 25 heavy (non-hydrogen) atoms. The van der Waals surface area contributed by atoms with Gasteiger partial charge in [-0.2, -0.15) is 5.21 Å². The maximum atomic E-state index is 12.2. The van der Waals surface area contributed by atoms with Crippen molar-refractivity contribution in [2.75, 3.05) is 26.9 Å². The van der Waals surface area contributed by atoms with E-state index in [4.69, 9.17) is 9.47 Å². The summed E-state index contributed by atoms with van der Waals surface area (Å²) in [4.78, 5) is 13.9. The van der Waals surface area contributed by atoms with Gasteiger partial charge in [-0.3, -0.25) is 4.79 Å². The van der Waals surface area contributed by atoms with Gasteiger partial charge < -0.3 is 14.4 Å². The van der Waals surface area contributed by atoms with Crippen LogP contribution in [-0.2, 0) is 20.8 Å². The first-order chi connectivity index (χ1) is 12.2. The Hall–Kier alpha value is -2.32. The smallest absolute Gasteiger partial charge is 0.248 e. The first-order valence-electron chi connectivity index (χ1n) is 8.48. The molecule has 0 unspecified atom stereocenters. The van der Waals surface area contributed by atoms with E-state index in [0.29, 0.717) is 19.0 Å². The number of hydrogen-bond donors (Lipinski definition) is 1. The highest BCUT2D eigenvalue weighted by Gasteiger charge is 2.16. The van der Waals surface area contributed by atoms with Crippen LogP contribution >= 0.6 is 0 Å². The second-order valence-electron chi connectivity index (χ2n) is 6.19. The van der Waals surface area contributed by atoms with Crippen molar-refractivity contribution >= 4 is 5.91 Å². The summed E-state index contributed by atoms with van der Waals surface area (Å²) in [6.45, 7) is 1.83. The van der Waals surface area contributed by atoms with Crippen molar-refractivity contribution in [2.45, 2.75) is 31.9 Å². The number of carbonyl (C=O) groups is 1. The largest absolute Gasteiger partial charge is 0.376 e. The molecule has 2 aromatic rings. The fraction of sp³-hybridized carbons (Fsp3) is 0.529. The van der Waals surface area contributed by atoms with Crippen LogP contribution in [0.1, 0.15) is 24.8 Å². The van der Waals surface area contributed by atoms with Crippen LogP contribution in [-0.4, -0.2) is 64.4 Å². The third-order valence-corrected chi connectivity index (χ3v) is 4.18. The summed E-state index contributed by atoms with van der Waals surface area (Å²) in [7, 11) is 1.77. The first-order valence-corrected chi connectivity index (χ1v) is 8.48. The van der Waals surface area contributed by atoms with Crippen molar-refractivity contribution in [2.24, 2.45) is 0 Å². The van der Waals surface area contributed by atoms with Crippen molar-refractivity contribution in [3.05, 3.63) is 29.8 Å². The molecule has 1 aromatic carbocycles. The molecule has 1 aliphatic heterocycles. The predicted octanol–water partition coefficient (Wildman–Crippen LogP) is 1.41. The lowest BCUT2D eigenvalue weighted by molar-refractivity contribution is -0.137. The highest BCUT2D eigenvalue weighted by molar-refractivity contribution is 5.77. The Morgan fingerprint density at radius 1 is 1.44 bits per heavy atom. The van der Waals surface area contributed by atoms with Crippen molar-refractivity contribution < 1.29 is 14.3 Å². The topological polar surface area (TPSA) is 93.2 Å². The highest BCUT2D eigenvalue weighted by atomic mass is 16.5. The molecule has 0 saturated carbocycles. The molecule has 1 aromatic heterocycles. The molecule has 0 bridgehead atoms. The second-order valence-corrected chi connectivity index (χ2v) is 6.19. The van der Waals surface area contributed by atoms with Crippen LogP contribution in [0, 0.1) is 0 Å². The van der Waals surface area contributed by atoms with Crippen LogP contribution < -0.4 is 0 Å². The second kappa shape index (κ2) is 8.68. The average Bonchev–Trinajstić information content (AvgIpc) is 3.17. The SMILES string of the molecule is CN(Cc1cccc(-c2nn[nH]n2)c1)C(=O)COC[C@H]1CCCCO1. The van der Waals surface area contributed by atoms with Gasteiger partial charge in [-0.1, -0.05) is 18.2 Å². The monoisotopic (exact) mass is 345 g/mol. The zero-order valence-electron chi connectivity index (χ0n) is 14.4. The van der Waals surface area contributed by atoms with Crippen LogP contribution in [0.5, 0.6) is 0 Å². The molecule has 8 heteroatoms. The Morgan fingerprint density at radius 2 is 2.36 bits per heavy atom. The van der Waals surface area contributed by atoms with Crippen LogP contribution in [0.15, 0.2) is 24.3 Å². The molecular weight excluding hydrogens is 322 g/mol. The third kappa shape index (κ3) is 5.07. The van der Waals surface area contributed by atoms with E-state index >= 15 is 0 Å². The van der Waals surface area contributed by atoms with Gasteiger partial charge in [-0.05, 0) is 36.1 Å². The summed E-state index contributed by atoms with van der Waals surface area (Å²) in [5, 5.41) is 13.9. The molecule has 1 amide bonds. The van der Waals surface area contributed by atoms with Gasteiger partial charge in [0, 0.05) is 25.8 Å². The Balaban J connectivity index is 1.47. The first kappa shape index (κ1) is 17.5. The highest BCUT2D eigenvalue weighted by Crippen LogP contribution is 2.16. The van der Waals surface area contributed by atoms with E-state index in [1.54, 1.807) is 11.9 Å². The molecule has 1 atom stereocenters. The minimum absolute atomic E-state index is 0.0548. The molecule has 3 rings (SSSR count). The number of tetrazole rings is 1. The van der Waals surface area contributed by atoms with E-state index in [9.17, 15) is 4.79 Å². The van der Waals surface area contributed by atoms with Gasteiger partial charge in [0.25, 0.3) is 0 Å². The molecule has 0 radical (unpaired) electrons. The Morgan fingerprint density at radius 3 is 3.12 bits per heavy atom. The van der Waals surface area contributed by atoms with E-state index in [1.807, 2.05) is 24.3 Å². The lowest BCUT2D eigenvalue weighted by atomic mass is 10.1. The quantitative estimate of drug-likeness (QED) is 0.815. The van der Waals surface area contributed by atoms with Gasteiger partial charge in [0.2, 0.25) is 11.7 Å². The maximum Gasteiger partial charge on any atom is 0.248 e. The van der Waals surface area contributed by atoms with Crippen LogP contribution in [0.25, 0.3) is 11.4 Å². The van der Waals surface area contributed by atoms with Crippen molar-refractivity contribution in [3.63, 3.8) is 0 Å². The molecule has 1 fully saturated rings. The molecule has 1 aliphatic rings. The number of aromatic nitrogens is 4. The summed E-state index contributed by atoms with van der Waals surface area (Å²) < 4.78 is 11.1. The lowest BCUT2D eigenvalue weighted by Gasteiger charge is -2.23. The van der Waals surface area contributed by atoms with Crippen molar-refractivity contribution in [1.29, 1.82) is 0 Å². The van der Waals surface area contributed by atoms with Gasteiger partial charge in [-0.15, -0.1) is 10.2 Å². The lowest BCUT2D eigenvalue weighted by Crippen LogP contribution is -2.32. The zero-order valence-corrected chi connectivity index (χ0v) is 14.4. The van der Waals surface area contributed by atoms with Gasteiger partial charge in [-0.25, -0.2) is 0 Å². The molecule has 0 spiro atoms. The van der Waals surface area contributed by atoms with Crippen LogP contribution in [0.4, 0.5) is 0 Å². The van der Waals surface area contributed by atoms with Crippen LogP contribution in [0.3, 0.4) is 0 Å². The number of nitrogens with zero attached hydrogens (tertiary/aromatic N) is 4. The maximum absolute atomic E-state index is 12.2. The molecule has 0 aliphatic carbocycles. The number of rotatable bonds is 7. The number of amides is 1. The van der Waals surface area contributed by atoms with Crippen molar-refractivity contribution in [1.82, 2.24) is 25.5 Å². The van der Waals surface area contributed by atoms with E-state index in [-0.39, 0.29) is 18.6 Å². The van der Waals surface area contributed by atoms with Crippen LogP contribution in [0.2, 0.25) is 0 Å². The molecular formula is C17H23N5O3. The number of aromatic amines is 1. The summed E-state index contributed by atoms with van der Waals surface area (Å²) in [5.41, 5.74) is 1.85. The third-order valence-electron chi connectivity index (χ3n) is 4.18. The number of nitrogens with one attached hydrogen (secondary N) is 1. The van der Waals surface area contributed by atoms with Gasteiger partial charge >= 0.3 is 0 Å².